The second-order valence-electron chi connectivity index (χ2n) is 7.31. The molecule has 106 valence electrons. The largest absolute Gasteiger partial charge is 0.315 e. The van der Waals surface area contributed by atoms with Crippen molar-refractivity contribution in [2.24, 2.45) is 0 Å². The molecule has 0 radical (unpaired) electrons. The lowest BCUT2D eigenvalue weighted by Crippen LogP contribution is -2.27. The summed E-state index contributed by atoms with van der Waals surface area (Å²) in [6.45, 7) is 14.7. The van der Waals surface area contributed by atoms with E-state index in [0.717, 1.165) is 5.69 Å². The molecule has 0 fully saturated rings. The first-order chi connectivity index (χ1) is 8.44. The summed E-state index contributed by atoms with van der Waals surface area (Å²) in [5.41, 5.74) is 3.59. The van der Waals surface area contributed by atoms with Gasteiger partial charge in [-0.25, -0.2) is 0 Å². The van der Waals surface area contributed by atoms with E-state index in [1.165, 1.54) is 11.1 Å². The molecular weight excluding hydrogens is 234 g/mol. The number of benzene rings is 1. The Morgan fingerprint density at radius 3 is 1.89 bits per heavy atom. The Hall–Kier alpha value is -1.31. The van der Waals surface area contributed by atoms with Gasteiger partial charge in [-0.2, -0.15) is 0 Å². The van der Waals surface area contributed by atoms with Gasteiger partial charge in [-0.1, -0.05) is 53.7 Å². The predicted molar refractivity (Wildman–Crippen MR) is 82.9 cm³/mol. The van der Waals surface area contributed by atoms with Crippen LogP contribution in [-0.2, 0) is 15.6 Å². The van der Waals surface area contributed by atoms with E-state index in [9.17, 15) is 4.79 Å². The summed E-state index contributed by atoms with van der Waals surface area (Å²) in [5.74, 6) is 0.0663. The van der Waals surface area contributed by atoms with Crippen LogP contribution < -0.4 is 4.90 Å². The molecule has 0 bridgehead atoms. The van der Waals surface area contributed by atoms with Gasteiger partial charge >= 0.3 is 0 Å². The molecule has 0 saturated heterocycles. The average Bonchev–Trinajstić information content (AvgIpc) is 2.24. The van der Waals surface area contributed by atoms with Crippen molar-refractivity contribution in [3.05, 3.63) is 29.3 Å². The number of amides is 1. The molecule has 1 aromatic rings. The van der Waals surface area contributed by atoms with Crippen molar-refractivity contribution in [2.45, 2.75) is 59.3 Å². The number of hydrogen-bond donors (Lipinski definition) is 0. The van der Waals surface area contributed by atoms with Gasteiger partial charge in [0.1, 0.15) is 0 Å². The number of carbonyl (C=O) groups is 1. The van der Waals surface area contributed by atoms with Crippen LogP contribution in [0.1, 0.15) is 59.6 Å². The molecule has 0 saturated carbocycles. The number of hydrogen-bond acceptors (Lipinski definition) is 1. The van der Waals surface area contributed by atoms with Crippen LogP contribution in [0.25, 0.3) is 0 Å². The molecule has 0 atom stereocenters. The van der Waals surface area contributed by atoms with Gasteiger partial charge in [-0.05, 0) is 28.0 Å². The monoisotopic (exact) mass is 261 g/mol. The lowest BCUT2D eigenvalue weighted by Gasteiger charge is -2.30. The van der Waals surface area contributed by atoms with Crippen LogP contribution in [0.3, 0.4) is 0 Å². The van der Waals surface area contributed by atoms with Crippen LogP contribution in [0.5, 0.6) is 0 Å². The fraction of sp³-hybridized carbons (Fsp3) is 0.588. The van der Waals surface area contributed by atoms with E-state index >= 15 is 0 Å². The third-order valence-corrected chi connectivity index (χ3v) is 3.51. The van der Waals surface area contributed by atoms with Crippen LogP contribution in [-0.4, -0.2) is 13.0 Å². The quantitative estimate of drug-likeness (QED) is 0.739. The summed E-state index contributed by atoms with van der Waals surface area (Å²) in [7, 11) is 1.85. The molecule has 19 heavy (non-hydrogen) atoms. The van der Waals surface area contributed by atoms with Crippen LogP contribution in [0.15, 0.2) is 18.2 Å². The van der Waals surface area contributed by atoms with Gasteiger partial charge in [-0.15, -0.1) is 0 Å². The van der Waals surface area contributed by atoms with Crippen molar-refractivity contribution in [3.8, 4) is 0 Å². The summed E-state index contributed by atoms with van der Waals surface area (Å²) in [6, 6.07) is 6.50. The Morgan fingerprint density at radius 2 is 1.53 bits per heavy atom. The number of nitrogens with zero attached hydrogens (tertiary/aromatic N) is 1. The number of anilines is 1. The molecule has 2 heteroatoms. The van der Waals surface area contributed by atoms with Gasteiger partial charge in [-0.3, -0.25) is 4.79 Å². The van der Waals surface area contributed by atoms with Gasteiger partial charge < -0.3 is 4.90 Å². The first-order valence-corrected chi connectivity index (χ1v) is 6.84. The molecule has 0 aliphatic carbocycles. The maximum absolute atomic E-state index is 11.7. The summed E-state index contributed by atoms with van der Waals surface area (Å²) in [4.78, 5) is 13.5. The lowest BCUT2D eigenvalue weighted by molar-refractivity contribution is -0.116. The topological polar surface area (TPSA) is 20.3 Å². The van der Waals surface area contributed by atoms with E-state index < -0.39 is 0 Å². The molecule has 1 aromatic carbocycles. The van der Waals surface area contributed by atoms with Crippen molar-refractivity contribution in [1.29, 1.82) is 0 Å². The van der Waals surface area contributed by atoms with Crippen molar-refractivity contribution in [2.75, 3.05) is 11.9 Å². The van der Waals surface area contributed by atoms with E-state index in [2.05, 4.69) is 59.7 Å². The van der Waals surface area contributed by atoms with Crippen LogP contribution in [0, 0.1) is 0 Å². The summed E-state index contributed by atoms with van der Waals surface area (Å²) in [6.07, 6.45) is 0. The molecular formula is C17H27NO. The van der Waals surface area contributed by atoms with Gasteiger partial charge in [0.2, 0.25) is 5.91 Å². The Labute approximate surface area is 117 Å². The van der Waals surface area contributed by atoms with Crippen molar-refractivity contribution < 1.29 is 4.79 Å². The van der Waals surface area contributed by atoms with Crippen molar-refractivity contribution in [3.63, 3.8) is 0 Å². The highest BCUT2D eigenvalue weighted by molar-refractivity contribution is 5.92. The minimum atomic E-state index is 0.0233. The molecule has 0 heterocycles. The molecule has 0 N–H and O–H groups in total. The van der Waals surface area contributed by atoms with Gasteiger partial charge in [0, 0.05) is 19.7 Å². The van der Waals surface area contributed by atoms with Crippen LogP contribution in [0.4, 0.5) is 5.69 Å². The van der Waals surface area contributed by atoms with Crippen LogP contribution >= 0.6 is 0 Å². The van der Waals surface area contributed by atoms with E-state index in [0.29, 0.717) is 0 Å². The molecule has 0 spiro atoms. The van der Waals surface area contributed by atoms with Gasteiger partial charge in [0.05, 0.1) is 0 Å². The maximum Gasteiger partial charge on any atom is 0.223 e. The fourth-order valence-electron chi connectivity index (χ4n) is 2.08. The summed E-state index contributed by atoms with van der Waals surface area (Å²) >= 11 is 0. The minimum Gasteiger partial charge on any atom is -0.315 e. The maximum atomic E-state index is 11.7. The van der Waals surface area contributed by atoms with E-state index in [-0.39, 0.29) is 16.7 Å². The molecule has 0 aliphatic rings. The average molecular weight is 261 g/mol. The van der Waals surface area contributed by atoms with E-state index in [4.69, 9.17) is 0 Å². The third-order valence-electron chi connectivity index (χ3n) is 3.51. The normalized spacial score (nSPS) is 12.4. The summed E-state index contributed by atoms with van der Waals surface area (Å²) < 4.78 is 0. The highest BCUT2D eigenvalue weighted by Gasteiger charge is 2.24. The first kappa shape index (κ1) is 15.7. The Kier molecular flexibility index (Phi) is 4.14. The molecule has 0 aromatic heterocycles. The zero-order chi connectivity index (χ0) is 15.0. The smallest absolute Gasteiger partial charge is 0.223 e. The molecule has 0 unspecified atom stereocenters. The highest BCUT2D eigenvalue weighted by atomic mass is 16.2. The fourth-order valence-corrected chi connectivity index (χ4v) is 2.08. The SMILES string of the molecule is CC(=O)N(C)c1cc(C(C)(C)C)ccc1C(C)(C)C. The second-order valence-corrected chi connectivity index (χ2v) is 7.31. The van der Waals surface area contributed by atoms with Crippen LogP contribution in [0.2, 0.25) is 0 Å². The standard InChI is InChI=1S/C17H27NO/c1-12(19)18(8)15-11-13(16(2,3)4)9-10-14(15)17(5,6)7/h9-11H,1-8H3. The second kappa shape index (κ2) is 4.99. The molecule has 1 rings (SSSR count). The van der Waals surface area contributed by atoms with Crippen molar-refractivity contribution >= 4 is 11.6 Å². The lowest BCUT2D eigenvalue weighted by atomic mass is 9.81. The van der Waals surface area contributed by atoms with E-state index in [1.807, 2.05) is 7.05 Å². The van der Waals surface area contributed by atoms with Gasteiger partial charge in [0.15, 0.2) is 0 Å². The predicted octanol–water partition coefficient (Wildman–Crippen LogP) is 4.26. The van der Waals surface area contributed by atoms with Gasteiger partial charge in [0.25, 0.3) is 0 Å². The molecule has 0 aliphatic heterocycles. The third kappa shape index (κ3) is 3.59. The Bertz CT molecular complexity index is 475. The minimum absolute atomic E-state index is 0.0233. The van der Waals surface area contributed by atoms with Crippen molar-refractivity contribution in [1.82, 2.24) is 0 Å². The first-order valence-electron chi connectivity index (χ1n) is 6.84. The zero-order valence-corrected chi connectivity index (χ0v) is 13.6. The number of rotatable bonds is 1. The molecule has 2 nitrogen and oxygen atoms in total. The molecule has 1 amide bonds. The summed E-state index contributed by atoms with van der Waals surface area (Å²) in [5, 5.41) is 0. The Balaban J connectivity index is 3.48. The van der Waals surface area contributed by atoms with E-state index in [1.54, 1.807) is 11.8 Å². The Morgan fingerprint density at radius 1 is 1.00 bits per heavy atom. The zero-order valence-electron chi connectivity index (χ0n) is 13.6. The number of carbonyl (C=O) groups excluding carboxylic acids is 1. The highest BCUT2D eigenvalue weighted by Crippen LogP contribution is 2.35.